The van der Waals surface area contributed by atoms with Crippen molar-refractivity contribution in [2.24, 2.45) is 9.98 Å². The number of ether oxygens (including phenoxy) is 2. The summed E-state index contributed by atoms with van der Waals surface area (Å²) in [6.45, 7) is 1.78. The van der Waals surface area contributed by atoms with Crippen LogP contribution in [0.15, 0.2) is 70.7 Å². The van der Waals surface area contributed by atoms with E-state index in [9.17, 15) is 0 Å². The molecule has 170 valence electrons. The average molecular weight is 433 g/mol. The molecule has 0 unspecified atom stereocenters. The molecule has 4 nitrogen and oxygen atoms in total. The van der Waals surface area contributed by atoms with E-state index in [-0.39, 0.29) is 0 Å². The molecular formula is C28H36N2O2. The minimum absolute atomic E-state index is 0.882. The summed E-state index contributed by atoms with van der Waals surface area (Å²) in [5, 5.41) is 0. The fourth-order valence-corrected chi connectivity index (χ4v) is 3.29. The summed E-state index contributed by atoms with van der Waals surface area (Å²) in [5.41, 5.74) is 2.14. The van der Waals surface area contributed by atoms with Gasteiger partial charge in [-0.05, 0) is 49.3 Å². The molecule has 32 heavy (non-hydrogen) atoms. The van der Waals surface area contributed by atoms with Crippen molar-refractivity contribution in [3.63, 3.8) is 0 Å². The molecule has 0 atom stereocenters. The number of benzene rings is 2. The van der Waals surface area contributed by atoms with E-state index in [1.54, 1.807) is 14.2 Å². The van der Waals surface area contributed by atoms with Crippen LogP contribution >= 0.6 is 0 Å². The Hall–Kier alpha value is -3.14. The normalized spacial score (nSPS) is 11.9. The molecule has 2 aromatic rings. The molecule has 0 amide bonds. The standard InChI is InChI=1S/C28H36N2O2/c1-31-27-19-9-7-15-25(27)17-13-23-29-21-11-5-3-4-6-12-22-30-24-14-18-26-16-8-10-20-28(26)32-2/h7-10,13-20,23-24H,3-6,11-12,21-22H2,1-2H3/b17-13+,18-14+,29-23?,30-24?. The van der Waals surface area contributed by atoms with Gasteiger partial charge < -0.3 is 9.47 Å². The number of nitrogens with zero attached hydrogens (tertiary/aromatic N) is 2. The zero-order valence-electron chi connectivity index (χ0n) is 19.5. The highest BCUT2D eigenvalue weighted by Gasteiger charge is 1.96. The molecule has 0 N–H and O–H groups in total. The number of rotatable bonds is 15. The van der Waals surface area contributed by atoms with E-state index in [1.807, 2.05) is 85.3 Å². The van der Waals surface area contributed by atoms with Crippen LogP contribution in [-0.2, 0) is 0 Å². The van der Waals surface area contributed by atoms with Gasteiger partial charge in [0.25, 0.3) is 0 Å². The molecule has 0 saturated carbocycles. The lowest BCUT2D eigenvalue weighted by molar-refractivity contribution is 0.414. The van der Waals surface area contributed by atoms with E-state index in [0.717, 1.165) is 48.6 Å². The van der Waals surface area contributed by atoms with E-state index in [4.69, 9.17) is 9.47 Å². The summed E-state index contributed by atoms with van der Waals surface area (Å²) >= 11 is 0. The lowest BCUT2D eigenvalue weighted by Gasteiger charge is -2.02. The molecular weight excluding hydrogens is 396 g/mol. The topological polar surface area (TPSA) is 43.2 Å². The second kappa shape index (κ2) is 16.5. The molecule has 0 fully saturated rings. The Morgan fingerprint density at radius 3 is 1.44 bits per heavy atom. The first-order valence-electron chi connectivity index (χ1n) is 11.4. The molecule has 0 bridgehead atoms. The van der Waals surface area contributed by atoms with E-state index < -0.39 is 0 Å². The van der Waals surface area contributed by atoms with Crippen molar-refractivity contribution in [2.75, 3.05) is 27.3 Å². The van der Waals surface area contributed by atoms with Crippen LogP contribution in [0.25, 0.3) is 12.2 Å². The van der Waals surface area contributed by atoms with Gasteiger partial charge in [0.1, 0.15) is 11.5 Å². The highest BCUT2D eigenvalue weighted by molar-refractivity contribution is 5.79. The fraction of sp³-hybridized carbons (Fsp3) is 0.357. The second-order valence-electron chi connectivity index (χ2n) is 7.43. The predicted octanol–water partition coefficient (Wildman–Crippen LogP) is 6.91. The Kier molecular flexibility index (Phi) is 13.0. The van der Waals surface area contributed by atoms with Crippen molar-refractivity contribution in [1.82, 2.24) is 0 Å². The first kappa shape index (κ1) is 25.1. The van der Waals surface area contributed by atoms with E-state index in [1.165, 1.54) is 25.7 Å². The third-order valence-corrected chi connectivity index (χ3v) is 5.04. The highest BCUT2D eigenvalue weighted by atomic mass is 16.5. The van der Waals surface area contributed by atoms with Crippen LogP contribution < -0.4 is 9.47 Å². The van der Waals surface area contributed by atoms with Crippen molar-refractivity contribution < 1.29 is 9.47 Å². The third kappa shape index (κ3) is 10.3. The van der Waals surface area contributed by atoms with Crippen LogP contribution in [0.3, 0.4) is 0 Å². The molecule has 0 aliphatic heterocycles. The summed E-state index contributed by atoms with van der Waals surface area (Å²) in [6.07, 6.45) is 19.1. The van der Waals surface area contributed by atoms with Crippen molar-refractivity contribution in [1.29, 1.82) is 0 Å². The van der Waals surface area contributed by atoms with Gasteiger partial charge in [0.2, 0.25) is 0 Å². The molecule has 0 aromatic heterocycles. The van der Waals surface area contributed by atoms with Gasteiger partial charge in [0, 0.05) is 36.6 Å². The lowest BCUT2D eigenvalue weighted by Crippen LogP contribution is -1.87. The SMILES string of the molecule is COc1ccccc1/C=C/C=NCCCCCCCCN=C/C=C/c1ccccc1OC. The summed E-state index contributed by atoms with van der Waals surface area (Å²) in [7, 11) is 3.38. The lowest BCUT2D eigenvalue weighted by atomic mass is 10.1. The Bertz CT molecular complexity index is 811. The number of allylic oxidation sites excluding steroid dienone is 2. The summed E-state index contributed by atoms with van der Waals surface area (Å²) < 4.78 is 10.7. The Balaban J connectivity index is 1.46. The maximum atomic E-state index is 5.33. The fourth-order valence-electron chi connectivity index (χ4n) is 3.29. The van der Waals surface area contributed by atoms with Gasteiger partial charge in [-0.1, -0.05) is 62.1 Å². The number of aliphatic imine (C=N–C) groups is 2. The van der Waals surface area contributed by atoms with Crippen molar-refractivity contribution in [2.45, 2.75) is 38.5 Å². The number of hydrogen-bond donors (Lipinski definition) is 0. The van der Waals surface area contributed by atoms with Crippen LogP contribution in [-0.4, -0.2) is 39.7 Å². The minimum atomic E-state index is 0.882. The Morgan fingerprint density at radius 2 is 1.00 bits per heavy atom. The summed E-state index contributed by atoms with van der Waals surface area (Å²) in [6, 6.07) is 16.0. The molecule has 4 heteroatoms. The van der Waals surface area contributed by atoms with Gasteiger partial charge >= 0.3 is 0 Å². The number of para-hydroxylation sites is 2. The zero-order chi connectivity index (χ0) is 22.7. The van der Waals surface area contributed by atoms with Gasteiger partial charge in [-0.15, -0.1) is 0 Å². The van der Waals surface area contributed by atoms with Gasteiger partial charge in [-0.25, -0.2) is 0 Å². The van der Waals surface area contributed by atoms with Crippen LogP contribution in [0.5, 0.6) is 11.5 Å². The number of methoxy groups -OCH3 is 2. The monoisotopic (exact) mass is 432 g/mol. The van der Waals surface area contributed by atoms with Gasteiger partial charge in [0.15, 0.2) is 0 Å². The van der Waals surface area contributed by atoms with Crippen LogP contribution in [0, 0.1) is 0 Å². The molecule has 0 saturated heterocycles. The van der Waals surface area contributed by atoms with Crippen molar-refractivity contribution in [3.05, 3.63) is 71.8 Å². The highest BCUT2D eigenvalue weighted by Crippen LogP contribution is 2.19. The molecule has 0 spiro atoms. The largest absolute Gasteiger partial charge is 0.496 e. The molecule has 0 aliphatic rings. The summed E-state index contributed by atoms with van der Waals surface area (Å²) in [4.78, 5) is 8.93. The van der Waals surface area contributed by atoms with Gasteiger partial charge in [-0.3, -0.25) is 9.98 Å². The molecule has 2 rings (SSSR count). The van der Waals surface area contributed by atoms with Crippen LogP contribution in [0.1, 0.15) is 49.7 Å². The number of hydrogen-bond acceptors (Lipinski definition) is 4. The maximum Gasteiger partial charge on any atom is 0.126 e. The molecule has 2 aromatic carbocycles. The van der Waals surface area contributed by atoms with Gasteiger partial charge in [0.05, 0.1) is 14.2 Å². The van der Waals surface area contributed by atoms with E-state index in [2.05, 4.69) is 9.98 Å². The first-order valence-corrected chi connectivity index (χ1v) is 11.4. The molecule has 0 radical (unpaired) electrons. The van der Waals surface area contributed by atoms with Crippen LogP contribution in [0.4, 0.5) is 0 Å². The second-order valence-corrected chi connectivity index (χ2v) is 7.43. The van der Waals surface area contributed by atoms with Crippen molar-refractivity contribution in [3.8, 4) is 11.5 Å². The van der Waals surface area contributed by atoms with E-state index in [0.29, 0.717) is 0 Å². The van der Waals surface area contributed by atoms with Crippen molar-refractivity contribution >= 4 is 24.6 Å². The average Bonchev–Trinajstić information content (AvgIpc) is 2.84. The zero-order valence-corrected chi connectivity index (χ0v) is 19.5. The van der Waals surface area contributed by atoms with E-state index >= 15 is 0 Å². The minimum Gasteiger partial charge on any atom is -0.496 e. The maximum absolute atomic E-state index is 5.33. The van der Waals surface area contributed by atoms with Crippen LogP contribution in [0.2, 0.25) is 0 Å². The summed E-state index contributed by atoms with van der Waals surface area (Å²) in [5.74, 6) is 1.76. The molecule has 0 aliphatic carbocycles. The number of unbranched alkanes of at least 4 members (excludes halogenated alkanes) is 5. The molecule has 0 heterocycles. The Labute approximate surface area is 193 Å². The quantitative estimate of drug-likeness (QED) is 0.227. The predicted molar refractivity (Wildman–Crippen MR) is 138 cm³/mol. The Morgan fingerprint density at radius 1 is 0.594 bits per heavy atom. The smallest absolute Gasteiger partial charge is 0.126 e. The first-order chi connectivity index (χ1) is 15.8. The van der Waals surface area contributed by atoms with Gasteiger partial charge in [-0.2, -0.15) is 0 Å². The third-order valence-electron chi connectivity index (χ3n) is 5.04.